The quantitative estimate of drug-likeness (QED) is 0.603. The van der Waals surface area contributed by atoms with Crippen LogP contribution in [0.4, 0.5) is 10.1 Å². The van der Waals surface area contributed by atoms with Crippen molar-refractivity contribution in [1.82, 2.24) is 10.6 Å². The molecule has 1 aromatic carbocycles. The first-order valence-corrected chi connectivity index (χ1v) is 6.93. The van der Waals surface area contributed by atoms with E-state index in [0.717, 1.165) is 37.6 Å². The summed E-state index contributed by atoms with van der Waals surface area (Å²) in [7, 11) is 1.58. The second-order valence-electron chi connectivity index (χ2n) is 5.35. The Hall–Kier alpha value is -1.77. The van der Waals surface area contributed by atoms with E-state index in [-0.39, 0.29) is 29.2 Å². The minimum absolute atomic E-state index is 0. The number of carbonyl (C=O) groups excluding carboxylic acids is 1. The van der Waals surface area contributed by atoms with E-state index in [4.69, 9.17) is 4.74 Å². The van der Waals surface area contributed by atoms with Gasteiger partial charge in [0.2, 0.25) is 0 Å². The molecule has 1 amide bonds. The third kappa shape index (κ3) is 4.60. The van der Waals surface area contributed by atoms with Gasteiger partial charge in [0.25, 0.3) is 11.6 Å². The number of nitrogens with zero attached hydrogens (tertiary/aromatic N) is 1. The Morgan fingerprint density at radius 2 is 2.30 bits per heavy atom. The Kier molecular flexibility index (Phi) is 6.86. The molecule has 0 saturated carbocycles. The number of methoxy groups -OCH3 is 1. The molecule has 1 unspecified atom stereocenters. The number of nitrogens with one attached hydrogen (secondary N) is 2. The lowest BCUT2D eigenvalue weighted by molar-refractivity contribution is -0.385. The van der Waals surface area contributed by atoms with Crippen molar-refractivity contribution in [3.63, 3.8) is 0 Å². The van der Waals surface area contributed by atoms with Crippen LogP contribution < -0.4 is 10.6 Å². The lowest BCUT2D eigenvalue weighted by atomic mass is 9.98. The summed E-state index contributed by atoms with van der Waals surface area (Å²) in [5.74, 6) is -1.51. The van der Waals surface area contributed by atoms with Crippen molar-refractivity contribution in [3.05, 3.63) is 39.7 Å². The fraction of sp³-hybridized carbons (Fsp3) is 0.500. The van der Waals surface area contributed by atoms with Crippen molar-refractivity contribution < 1.29 is 18.8 Å². The molecule has 1 saturated heterocycles. The summed E-state index contributed by atoms with van der Waals surface area (Å²) in [5, 5.41) is 16.5. The van der Waals surface area contributed by atoms with Gasteiger partial charge < -0.3 is 15.4 Å². The molecule has 23 heavy (non-hydrogen) atoms. The molecule has 1 atom stereocenters. The molecule has 1 aliphatic rings. The smallest absolute Gasteiger partial charge is 0.272 e. The third-order valence-corrected chi connectivity index (χ3v) is 3.75. The number of hydrogen-bond acceptors (Lipinski definition) is 5. The first-order chi connectivity index (χ1) is 10.5. The minimum atomic E-state index is -0.910. The second-order valence-corrected chi connectivity index (χ2v) is 5.35. The molecule has 0 aliphatic carbocycles. The van der Waals surface area contributed by atoms with Gasteiger partial charge in [0.1, 0.15) is 5.82 Å². The minimum Gasteiger partial charge on any atom is -0.383 e. The molecular formula is C14H19ClFN3O4. The van der Waals surface area contributed by atoms with Crippen LogP contribution in [0, 0.1) is 15.9 Å². The second kappa shape index (κ2) is 8.19. The Labute approximate surface area is 139 Å². The van der Waals surface area contributed by atoms with Crippen LogP contribution in [-0.2, 0) is 4.74 Å². The van der Waals surface area contributed by atoms with Crippen LogP contribution in [0.5, 0.6) is 0 Å². The van der Waals surface area contributed by atoms with Crippen LogP contribution in [-0.4, -0.2) is 43.2 Å². The number of halogens is 2. The van der Waals surface area contributed by atoms with Gasteiger partial charge in [-0.3, -0.25) is 14.9 Å². The number of ether oxygens (including phenoxy) is 1. The van der Waals surface area contributed by atoms with Crippen LogP contribution in [0.3, 0.4) is 0 Å². The van der Waals surface area contributed by atoms with Crippen LogP contribution in [0.25, 0.3) is 0 Å². The zero-order chi connectivity index (χ0) is 16.2. The van der Waals surface area contributed by atoms with Gasteiger partial charge >= 0.3 is 0 Å². The molecule has 9 heteroatoms. The fourth-order valence-electron chi connectivity index (χ4n) is 2.62. The summed E-state index contributed by atoms with van der Waals surface area (Å²) in [4.78, 5) is 21.9. The maximum absolute atomic E-state index is 13.8. The van der Waals surface area contributed by atoms with Crippen molar-refractivity contribution in [3.8, 4) is 0 Å². The lowest BCUT2D eigenvalue weighted by Gasteiger charge is -2.29. The summed E-state index contributed by atoms with van der Waals surface area (Å²) in [6.07, 6.45) is 1.83. The maximum Gasteiger partial charge on any atom is 0.272 e. The SMILES string of the molecule is COCC1(CNC(=O)c2ccc([N+](=O)[O-])cc2F)CCCN1.Cl. The highest BCUT2D eigenvalue weighted by atomic mass is 35.5. The largest absolute Gasteiger partial charge is 0.383 e. The molecule has 1 aromatic rings. The Morgan fingerprint density at radius 1 is 1.57 bits per heavy atom. The molecule has 1 heterocycles. The van der Waals surface area contributed by atoms with E-state index in [2.05, 4.69) is 10.6 Å². The Bertz CT molecular complexity index is 579. The average molecular weight is 348 g/mol. The zero-order valence-corrected chi connectivity index (χ0v) is 13.5. The van der Waals surface area contributed by atoms with Gasteiger partial charge in [-0.05, 0) is 25.5 Å². The number of hydrogen-bond donors (Lipinski definition) is 2. The van der Waals surface area contributed by atoms with Gasteiger partial charge in [-0.15, -0.1) is 12.4 Å². The third-order valence-electron chi connectivity index (χ3n) is 3.75. The fourth-order valence-corrected chi connectivity index (χ4v) is 2.62. The summed E-state index contributed by atoms with van der Waals surface area (Å²) in [6.45, 7) is 1.58. The summed E-state index contributed by atoms with van der Waals surface area (Å²) >= 11 is 0. The molecule has 0 radical (unpaired) electrons. The lowest BCUT2D eigenvalue weighted by Crippen LogP contribution is -2.53. The van der Waals surface area contributed by atoms with E-state index in [1.807, 2.05) is 0 Å². The maximum atomic E-state index is 13.8. The number of amides is 1. The van der Waals surface area contributed by atoms with E-state index in [1.54, 1.807) is 7.11 Å². The zero-order valence-electron chi connectivity index (χ0n) is 12.6. The van der Waals surface area contributed by atoms with Gasteiger partial charge in [0.15, 0.2) is 0 Å². The summed E-state index contributed by atoms with van der Waals surface area (Å²) in [5.41, 5.74) is -0.944. The molecule has 128 valence electrons. The van der Waals surface area contributed by atoms with Crippen LogP contribution in [0.15, 0.2) is 18.2 Å². The van der Waals surface area contributed by atoms with Crippen molar-refractivity contribution >= 4 is 24.0 Å². The molecule has 1 aliphatic heterocycles. The van der Waals surface area contributed by atoms with Crippen LogP contribution in [0.2, 0.25) is 0 Å². The molecule has 2 rings (SSSR count). The number of rotatable bonds is 6. The number of carbonyl (C=O) groups is 1. The number of benzene rings is 1. The Morgan fingerprint density at radius 3 is 2.83 bits per heavy atom. The number of nitro benzene ring substituents is 1. The van der Waals surface area contributed by atoms with Crippen molar-refractivity contribution in [2.45, 2.75) is 18.4 Å². The predicted octanol–water partition coefficient (Wildman–Crippen LogP) is 1.65. The molecule has 2 N–H and O–H groups in total. The average Bonchev–Trinajstić information content (AvgIpc) is 2.94. The van der Waals surface area contributed by atoms with E-state index >= 15 is 0 Å². The molecule has 0 bridgehead atoms. The van der Waals surface area contributed by atoms with Crippen molar-refractivity contribution in [1.29, 1.82) is 0 Å². The van der Waals surface area contributed by atoms with Crippen molar-refractivity contribution in [2.75, 3.05) is 26.8 Å². The number of non-ortho nitro benzene ring substituents is 1. The summed E-state index contributed by atoms with van der Waals surface area (Å²) < 4.78 is 19.0. The Balaban J connectivity index is 0.00000264. The van der Waals surface area contributed by atoms with Crippen LogP contribution >= 0.6 is 12.4 Å². The standard InChI is InChI=1S/C14H18FN3O4.ClH/c1-22-9-14(5-2-6-17-14)8-16-13(19)11-4-3-10(18(20)21)7-12(11)15;/h3-4,7,17H,2,5-6,8-9H2,1H3,(H,16,19);1H. The van der Waals surface area contributed by atoms with Crippen LogP contribution in [0.1, 0.15) is 23.2 Å². The molecule has 0 aromatic heterocycles. The highest BCUT2D eigenvalue weighted by Gasteiger charge is 2.34. The highest BCUT2D eigenvalue weighted by Crippen LogP contribution is 2.20. The molecular weight excluding hydrogens is 329 g/mol. The highest BCUT2D eigenvalue weighted by molar-refractivity contribution is 5.94. The first kappa shape index (κ1) is 19.3. The van der Waals surface area contributed by atoms with Gasteiger partial charge in [-0.2, -0.15) is 0 Å². The topological polar surface area (TPSA) is 93.5 Å². The van der Waals surface area contributed by atoms with E-state index in [0.29, 0.717) is 13.2 Å². The molecule has 0 spiro atoms. The van der Waals surface area contributed by atoms with Gasteiger partial charge in [-0.1, -0.05) is 0 Å². The van der Waals surface area contributed by atoms with E-state index in [9.17, 15) is 19.3 Å². The van der Waals surface area contributed by atoms with E-state index in [1.165, 1.54) is 0 Å². The monoisotopic (exact) mass is 347 g/mol. The normalized spacial score (nSPS) is 19.9. The summed E-state index contributed by atoms with van der Waals surface area (Å²) in [6, 6.07) is 2.97. The van der Waals surface area contributed by atoms with Gasteiger partial charge in [0, 0.05) is 19.7 Å². The molecule has 7 nitrogen and oxygen atoms in total. The van der Waals surface area contributed by atoms with Gasteiger partial charge in [0.05, 0.1) is 28.7 Å². The van der Waals surface area contributed by atoms with Crippen molar-refractivity contribution in [2.24, 2.45) is 0 Å². The first-order valence-electron chi connectivity index (χ1n) is 6.93. The predicted molar refractivity (Wildman–Crippen MR) is 84.5 cm³/mol. The van der Waals surface area contributed by atoms with E-state index < -0.39 is 16.6 Å². The number of nitro groups is 1. The molecule has 1 fully saturated rings. The van der Waals surface area contributed by atoms with Gasteiger partial charge in [-0.25, -0.2) is 4.39 Å².